The van der Waals surface area contributed by atoms with Crippen LogP contribution in [-0.4, -0.2) is 52.5 Å². The molecule has 9 nitrogen and oxygen atoms in total. The summed E-state index contributed by atoms with van der Waals surface area (Å²) in [7, 11) is -3.29. The maximum Gasteiger partial charge on any atom is 0.285 e. The molecule has 1 spiro atoms. The second kappa shape index (κ2) is 6.46. The molecule has 2 aliphatic heterocycles. The van der Waals surface area contributed by atoms with Crippen molar-refractivity contribution in [2.45, 2.75) is 38.6 Å². The molecule has 4 heterocycles. The number of aryl methyl sites for hydroxylation is 3. The van der Waals surface area contributed by atoms with Gasteiger partial charge in [-0.15, -0.1) is 11.3 Å². The fraction of sp³-hybridized carbons (Fsp3) is 0.529. The lowest BCUT2D eigenvalue weighted by Crippen LogP contribution is -2.35. The van der Waals surface area contributed by atoms with E-state index in [0.29, 0.717) is 43.4 Å². The summed E-state index contributed by atoms with van der Waals surface area (Å²) in [5.41, 5.74) is -0.263. The van der Waals surface area contributed by atoms with Gasteiger partial charge in [0.15, 0.2) is 5.13 Å². The Labute approximate surface area is 166 Å². The molecule has 0 bridgehead atoms. The lowest BCUT2D eigenvalue weighted by atomic mass is 9.85. The number of amides is 1. The van der Waals surface area contributed by atoms with E-state index in [2.05, 4.69) is 15.3 Å². The van der Waals surface area contributed by atoms with Crippen LogP contribution in [0.3, 0.4) is 0 Å². The second-order valence-corrected chi connectivity index (χ2v) is 10.7. The predicted octanol–water partition coefficient (Wildman–Crippen LogP) is 0.876. The topological polar surface area (TPSA) is 114 Å². The van der Waals surface area contributed by atoms with Crippen LogP contribution in [0, 0.1) is 13.8 Å². The van der Waals surface area contributed by atoms with Gasteiger partial charge >= 0.3 is 0 Å². The van der Waals surface area contributed by atoms with E-state index in [1.807, 2.05) is 13.8 Å². The highest BCUT2D eigenvalue weighted by molar-refractivity contribution is 7.88. The molecule has 28 heavy (non-hydrogen) atoms. The Morgan fingerprint density at radius 3 is 2.57 bits per heavy atom. The van der Waals surface area contributed by atoms with Gasteiger partial charge in [-0.3, -0.25) is 14.9 Å². The fourth-order valence-electron chi connectivity index (χ4n) is 3.88. The van der Waals surface area contributed by atoms with E-state index >= 15 is 0 Å². The smallest absolute Gasteiger partial charge is 0.285 e. The number of carbonyl (C=O) groups is 1. The minimum Gasteiger partial charge on any atom is -0.335 e. The zero-order valence-electron chi connectivity index (χ0n) is 15.9. The lowest BCUT2D eigenvalue weighted by Gasteiger charge is -2.22. The maximum atomic E-state index is 12.6. The minimum absolute atomic E-state index is 0.0377. The van der Waals surface area contributed by atoms with Gasteiger partial charge in [0, 0.05) is 36.1 Å². The van der Waals surface area contributed by atoms with Crippen molar-refractivity contribution in [3.63, 3.8) is 0 Å². The van der Waals surface area contributed by atoms with E-state index in [-0.39, 0.29) is 5.56 Å². The summed E-state index contributed by atoms with van der Waals surface area (Å²) in [6.07, 6.45) is 4.04. The first-order valence-electron chi connectivity index (χ1n) is 8.91. The van der Waals surface area contributed by atoms with Gasteiger partial charge in [0.25, 0.3) is 11.5 Å². The van der Waals surface area contributed by atoms with Gasteiger partial charge in [-0.05, 0) is 26.7 Å². The predicted molar refractivity (Wildman–Crippen MR) is 105 cm³/mol. The molecule has 0 unspecified atom stereocenters. The molecule has 1 saturated heterocycles. The summed E-state index contributed by atoms with van der Waals surface area (Å²) < 4.78 is 27.0. The number of carbonyl (C=O) groups excluding carboxylic acids is 1. The molecule has 150 valence electrons. The summed E-state index contributed by atoms with van der Waals surface area (Å²) in [4.78, 5) is 34.6. The van der Waals surface area contributed by atoms with Gasteiger partial charge in [-0.2, -0.15) is 4.98 Å². The summed E-state index contributed by atoms with van der Waals surface area (Å²) in [6.45, 7) is 5.10. The zero-order valence-corrected chi connectivity index (χ0v) is 17.5. The van der Waals surface area contributed by atoms with Gasteiger partial charge in [0.05, 0.1) is 11.9 Å². The Kier molecular flexibility index (Phi) is 4.43. The molecule has 0 aromatic carbocycles. The summed E-state index contributed by atoms with van der Waals surface area (Å²) >= 11 is 1.35. The first-order chi connectivity index (χ1) is 13.1. The van der Waals surface area contributed by atoms with Crippen molar-refractivity contribution in [2.75, 3.05) is 24.7 Å². The van der Waals surface area contributed by atoms with E-state index in [9.17, 15) is 18.0 Å². The Morgan fingerprint density at radius 1 is 1.25 bits per heavy atom. The fourth-order valence-corrected chi connectivity index (χ4v) is 5.60. The number of fused-ring (bicyclic) bond motifs is 2. The number of nitrogens with zero attached hydrogens (tertiary/aromatic N) is 4. The van der Waals surface area contributed by atoms with Crippen molar-refractivity contribution < 1.29 is 13.2 Å². The molecule has 11 heteroatoms. The van der Waals surface area contributed by atoms with Crippen LogP contribution in [0.4, 0.5) is 5.13 Å². The van der Waals surface area contributed by atoms with E-state index < -0.39 is 26.9 Å². The third kappa shape index (κ3) is 3.16. The van der Waals surface area contributed by atoms with Crippen molar-refractivity contribution in [1.29, 1.82) is 0 Å². The number of nitrogens with one attached hydrogen (secondary N) is 1. The van der Waals surface area contributed by atoms with Crippen LogP contribution >= 0.6 is 11.3 Å². The molecule has 2 aromatic heterocycles. The Morgan fingerprint density at radius 2 is 1.96 bits per heavy atom. The van der Waals surface area contributed by atoms with Gasteiger partial charge < -0.3 is 4.57 Å². The van der Waals surface area contributed by atoms with Crippen LogP contribution in [0.1, 0.15) is 39.6 Å². The molecular weight excluding hydrogens is 402 g/mol. The van der Waals surface area contributed by atoms with Crippen LogP contribution in [0.5, 0.6) is 0 Å². The molecule has 1 amide bonds. The Hall–Kier alpha value is -2.11. The number of aromatic nitrogens is 3. The average molecular weight is 424 g/mol. The third-order valence-corrected chi connectivity index (χ3v) is 7.82. The van der Waals surface area contributed by atoms with Crippen LogP contribution in [-0.2, 0) is 22.0 Å². The summed E-state index contributed by atoms with van der Waals surface area (Å²) in [6, 6.07) is 0. The molecule has 1 fully saturated rings. The highest BCUT2D eigenvalue weighted by Crippen LogP contribution is 2.41. The van der Waals surface area contributed by atoms with Crippen LogP contribution in [0.25, 0.3) is 0 Å². The quantitative estimate of drug-likeness (QED) is 0.784. The van der Waals surface area contributed by atoms with Crippen LogP contribution in [0.2, 0.25) is 0 Å². The van der Waals surface area contributed by atoms with Crippen molar-refractivity contribution >= 4 is 32.4 Å². The number of thiazole rings is 1. The van der Waals surface area contributed by atoms with Gasteiger partial charge in [-0.1, -0.05) is 0 Å². The van der Waals surface area contributed by atoms with Crippen molar-refractivity contribution in [3.8, 4) is 0 Å². The van der Waals surface area contributed by atoms with Crippen LogP contribution in [0.15, 0.2) is 11.0 Å². The number of anilines is 1. The highest BCUT2D eigenvalue weighted by Gasteiger charge is 2.48. The lowest BCUT2D eigenvalue weighted by molar-refractivity contribution is 0.102. The van der Waals surface area contributed by atoms with E-state index in [4.69, 9.17) is 0 Å². The first kappa shape index (κ1) is 19.2. The molecule has 1 N–H and O–H groups in total. The molecular formula is C17H21N5O4S2. The molecule has 0 radical (unpaired) electrons. The van der Waals surface area contributed by atoms with Gasteiger partial charge in [0.1, 0.15) is 11.4 Å². The Bertz CT molecular complexity index is 1120. The van der Waals surface area contributed by atoms with Crippen molar-refractivity contribution in [1.82, 2.24) is 18.8 Å². The monoisotopic (exact) mass is 423 g/mol. The minimum atomic E-state index is -3.29. The molecule has 1 atom stereocenters. The number of hydrogen-bond acceptors (Lipinski definition) is 7. The third-order valence-electron chi connectivity index (χ3n) is 5.58. The number of sulfonamides is 1. The maximum absolute atomic E-state index is 12.6. The van der Waals surface area contributed by atoms with Gasteiger partial charge in [-0.25, -0.2) is 17.7 Å². The number of hydrogen-bond donors (Lipinski definition) is 1. The average Bonchev–Trinajstić information content (AvgIpc) is 3.27. The summed E-state index contributed by atoms with van der Waals surface area (Å²) in [5.74, 6) is 0.0350. The van der Waals surface area contributed by atoms with Crippen molar-refractivity contribution in [2.24, 2.45) is 0 Å². The van der Waals surface area contributed by atoms with E-state index in [1.54, 1.807) is 4.57 Å². The largest absolute Gasteiger partial charge is 0.335 e. The highest BCUT2D eigenvalue weighted by atomic mass is 32.2. The van der Waals surface area contributed by atoms with Crippen LogP contribution < -0.4 is 10.9 Å². The molecule has 4 rings (SSSR count). The molecule has 2 aromatic rings. The normalized spacial score (nSPS) is 22.0. The molecule has 0 saturated carbocycles. The summed E-state index contributed by atoms with van der Waals surface area (Å²) in [5, 5.41) is 3.11. The zero-order chi connectivity index (χ0) is 20.3. The van der Waals surface area contributed by atoms with Crippen molar-refractivity contribution in [3.05, 3.63) is 38.5 Å². The molecule has 0 aliphatic carbocycles. The first-order valence-corrected chi connectivity index (χ1v) is 11.6. The standard InChI is InChI=1S/C17H21N5O4S2/c1-10-11(2)27-16(18-10)20-14(24)12-8-21-6-4-17(15(21)19-13(12)23)5-7-22(9-17)28(3,25)26/h8H,4-7,9H2,1-3H3,(H,18,20,24)/t17-/m0/s1. The number of rotatable bonds is 3. The van der Waals surface area contributed by atoms with E-state index in [0.717, 1.165) is 10.6 Å². The van der Waals surface area contributed by atoms with Gasteiger partial charge in [0.2, 0.25) is 10.0 Å². The SMILES string of the molecule is Cc1nc(NC(=O)c2cn3c(nc2=O)[C@]2(CCN(S(C)(=O)=O)C2)CC3)sc1C. The second-order valence-electron chi connectivity index (χ2n) is 7.47. The molecule has 2 aliphatic rings. The van der Waals surface area contributed by atoms with E-state index in [1.165, 1.54) is 28.1 Å². The Balaban J connectivity index is 1.63.